The van der Waals surface area contributed by atoms with E-state index in [9.17, 15) is 0 Å². The highest BCUT2D eigenvalue weighted by Crippen LogP contribution is 2.50. The smallest absolute Gasteiger partial charge is 0.417 e. The van der Waals surface area contributed by atoms with Gasteiger partial charge in [0.1, 0.15) is 28.0 Å². The molecule has 8 rings (SSSR count). The molecule has 0 amide bonds. The van der Waals surface area contributed by atoms with Crippen LogP contribution in [-0.2, 0) is 23.9 Å². The monoisotopic (exact) mass is 470 g/mol. The van der Waals surface area contributed by atoms with Gasteiger partial charge >= 0.3 is 5.66 Å². The van der Waals surface area contributed by atoms with E-state index in [4.69, 9.17) is 4.42 Å². The maximum atomic E-state index is 6.77. The molecular formula is C33H30N2O+2. The van der Waals surface area contributed by atoms with Crippen LogP contribution in [-0.4, -0.2) is 0 Å². The second kappa shape index (κ2) is 6.73. The molecule has 0 fully saturated rings. The van der Waals surface area contributed by atoms with E-state index in [1.54, 1.807) is 0 Å². The summed E-state index contributed by atoms with van der Waals surface area (Å²) in [5.41, 5.74) is 11.1. The minimum Gasteiger partial charge on any atom is -0.460 e. The Morgan fingerprint density at radius 2 is 1.58 bits per heavy atom. The highest BCUT2D eigenvalue weighted by Gasteiger charge is 2.67. The van der Waals surface area contributed by atoms with E-state index in [-0.39, 0.29) is 5.41 Å². The minimum absolute atomic E-state index is 0.0560. The van der Waals surface area contributed by atoms with E-state index in [1.165, 1.54) is 68.8 Å². The van der Waals surface area contributed by atoms with Crippen molar-refractivity contribution < 1.29 is 13.6 Å². The molecule has 1 aliphatic carbocycles. The third-order valence-electron chi connectivity index (χ3n) is 8.71. The molecule has 176 valence electrons. The second-order valence-electron chi connectivity index (χ2n) is 11.7. The number of aromatic nitrogens is 2. The Kier molecular flexibility index (Phi) is 3.83. The summed E-state index contributed by atoms with van der Waals surface area (Å²) >= 11 is 0. The standard InChI is InChI=1S/C33H30N2O/c1-32(2,3)21-17-19-35-28(20-21)30-26(16-15-23-22-10-5-7-14-29(22)36-31(23)30)33(35)25-12-6-4-11-24(25)27-13-8-9-18-34(27)33/h4,6,8-9,11-13,15-20H,5,7,10,14H2,1-3H3/q+2. The summed E-state index contributed by atoms with van der Waals surface area (Å²) in [6, 6.07) is 24.9. The maximum absolute atomic E-state index is 6.77. The molecule has 0 N–H and O–H groups in total. The Balaban J connectivity index is 1.57. The molecule has 3 aromatic heterocycles. The largest absolute Gasteiger partial charge is 0.460 e. The van der Waals surface area contributed by atoms with Crippen molar-refractivity contribution in [2.24, 2.45) is 0 Å². The minimum atomic E-state index is -0.476. The average Bonchev–Trinajstić information content (AvgIpc) is 3.51. The zero-order chi connectivity index (χ0) is 24.2. The van der Waals surface area contributed by atoms with Crippen molar-refractivity contribution in [2.75, 3.05) is 0 Å². The van der Waals surface area contributed by atoms with Crippen LogP contribution in [0.1, 0.15) is 61.6 Å². The number of fused-ring (bicyclic) bond motifs is 14. The van der Waals surface area contributed by atoms with Crippen LogP contribution in [0.2, 0.25) is 0 Å². The summed E-state index contributed by atoms with van der Waals surface area (Å²) < 4.78 is 11.7. The molecule has 0 radical (unpaired) electrons. The number of pyridine rings is 2. The van der Waals surface area contributed by atoms with Gasteiger partial charge in [-0.3, -0.25) is 0 Å². The molecule has 1 unspecified atom stereocenters. The third-order valence-corrected chi connectivity index (χ3v) is 8.71. The quantitative estimate of drug-likeness (QED) is 0.234. The summed E-state index contributed by atoms with van der Waals surface area (Å²) in [6.45, 7) is 6.89. The molecule has 36 heavy (non-hydrogen) atoms. The van der Waals surface area contributed by atoms with Crippen LogP contribution >= 0.6 is 0 Å². The van der Waals surface area contributed by atoms with Crippen LogP contribution in [0, 0.1) is 0 Å². The molecule has 3 heteroatoms. The highest BCUT2D eigenvalue weighted by molar-refractivity contribution is 5.97. The van der Waals surface area contributed by atoms with Gasteiger partial charge in [-0.25, -0.2) is 0 Å². The Bertz CT molecular complexity index is 1690. The van der Waals surface area contributed by atoms with Crippen LogP contribution < -0.4 is 9.13 Å². The predicted octanol–water partition coefficient (Wildman–Crippen LogP) is 6.44. The molecule has 2 aliphatic heterocycles. The number of furan rings is 1. The highest BCUT2D eigenvalue weighted by atomic mass is 16.3. The second-order valence-corrected chi connectivity index (χ2v) is 11.7. The van der Waals surface area contributed by atoms with E-state index in [1.807, 2.05) is 0 Å². The van der Waals surface area contributed by atoms with Crippen LogP contribution in [0.5, 0.6) is 0 Å². The third kappa shape index (κ3) is 2.34. The molecular weight excluding hydrogens is 440 g/mol. The molecule has 1 atom stereocenters. The molecule has 3 nitrogen and oxygen atoms in total. The fraction of sp³-hybridized carbons (Fsp3) is 0.273. The zero-order valence-corrected chi connectivity index (χ0v) is 21.1. The lowest BCUT2D eigenvalue weighted by Gasteiger charge is -2.20. The first-order chi connectivity index (χ1) is 17.5. The van der Waals surface area contributed by atoms with Crippen molar-refractivity contribution in [1.82, 2.24) is 0 Å². The molecule has 0 bridgehead atoms. The van der Waals surface area contributed by atoms with Crippen molar-refractivity contribution in [1.29, 1.82) is 0 Å². The van der Waals surface area contributed by atoms with Crippen molar-refractivity contribution in [3.05, 3.63) is 107 Å². The molecule has 5 aromatic rings. The van der Waals surface area contributed by atoms with Gasteiger partial charge in [0, 0.05) is 41.6 Å². The molecule has 0 saturated heterocycles. The number of aryl methyl sites for hydroxylation is 2. The van der Waals surface area contributed by atoms with Crippen LogP contribution in [0.25, 0.3) is 33.5 Å². The van der Waals surface area contributed by atoms with Crippen molar-refractivity contribution in [2.45, 2.75) is 57.5 Å². The normalized spacial score (nSPS) is 19.2. The van der Waals surface area contributed by atoms with Gasteiger partial charge in [0.25, 0.3) is 0 Å². The Labute approximate surface area is 211 Å². The fourth-order valence-corrected chi connectivity index (χ4v) is 7.05. The summed E-state index contributed by atoms with van der Waals surface area (Å²) in [7, 11) is 0. The summed E-state index contributed by atoms with van der Waals surface area (Å²) in [5, 5.41) is 1.30. The first-order valence-corrected chi connectivity index (χ1v) is 13.3. The molecule has 5 heterocycles. The average molecular weight is 471 g/mol. The predicted molar refractivity (Wildman–Crippen MR) is 141 cm³/mol. The van der Waals surface area contributed by atoms with E-state index in [0.717, 1.165) is 18.4 Å². The number of hydrogen-bond donors (Lipinski definition) is 0. The topological polar surface area (TPSA) is 20.9 Å². The first kappa shape index (κ1) is 20.5. The van der Waals surface area contributed by atoms with E-state index in [2.05, 4.69) is 109 Å². The molecule has 0 saturated carbocycles. The van der Waals surface area contributed by atoms with Gasteiger partial charge in [-0.05, 0) is 60.6 Å². The Morgan fingerprint density at radius 1 is 0.778 bits per heavy atom. The van der Waals surface area contributed by atoms with E-state index < -0.39 is 5.66 Å². The lowest BCUT2D eigenvalue weighted by molar-refractivity contribution is -0.955. The molecule has 3 aliphatic rings. The first-order valence-electron chi connectivity index (χ1n) is 13.3. The SMILES string of the molecule is CC(C)(C)c1cc[n+]2c(c1)-c1c(ccc3c4c(oc13)CCCC4)C21c2ccccc2-c2cccc[n+]21. The van der Waals surface area contributed by atoms with Crippen LogP contribution in [0.15, 0.2) is 83.5 Å². The molecule has 1 spiro atoms. The number of nitrogens with zero attached hydrogens (tertiary/aromatic N) is 2. The van der Waals surface area contributed by atoms with E-state index in [0.29, 0.717) is 0 Å². The summed E-state index contributed by atoms with van der Waals surface area (Å²) in [4.78, 5) is 0. The fourth-order valence-electron chi connectivity index (χ4n) is 7.05. The number of hydrogen-bond acceptors (Lipinski definition) is 1. The summed E-state index contributed by atoms with van der Waals surface area (Å²) in [5.74, 6) is 1.20. The number of rotatable bonds is 0. The maximum Gasteiger partial charge on any atom is 0.417 e. The van der Waals surface area contributed by atoms with Gasteiger partial charge in [0.2, 0.25) is 11.4 Å². The Hall–Kier alpha value is -3.72. The van der Waals surface area contributed by atoms with Crippen molar-refractivity contribution >= 4 is 11.0 Å². The van der Waals surface area contributed by atoms with Crippen molar-refractivity contribution in [3.63, 3.8) is 0 Å². The van der Waals surface area contributed by atoms with Crippen LogP contribution in [0.3, 0.4) is 0 Å². The lowest BCUT2D eigenvalue weighted by Crippen LogP contribution is -2.71. The van der Waals surface area contributed by atoms with Crippen molar-refractivity contribution in [3.8, 4) is 22.5 Å². The van der Waals surface area contributed by atoms with Gasteiger partial charge in [0.05, 0.1) is 5.56 Å². The van der Waals surface area contributed by atoms with Gasteiger partial charge < -0.3 is 4.42 Å². The zero-order valence-electron chi connectivity index (χ0n) is 21.1. The summed E-state index contributed by atoms with van der Waals surface area (Å²) in [6.07, 6.45) is 9.20. The van der Waals surface area contributed by atoms with E-state index >= 15 is 0 Å². The number of benzene rings is 2. The van der Waals surface area contributed by atoms with Gasteiger partial charge in [-0.2, -0.15) is 0 Å². The van der Waals surface area contributed by atoms with Gasteiger partial charge in [-0.15, -0.1) is 9.13 Å². The molecule has 2 aromatic carbocycles. The van der Waals surface area contributed by atoms with Gasteiger partial charge in [-0.1, -0.05) is 32.9 Å². The lowest BCUT2D eigenvalue weighted by atomic mass is 9.86. The Morgan fingerprint density at radius 3 is 2.47 bits per heavy atom. The van der Waals surface area contributed by atoms with Crippen LogP contribution in [0.4, 0.5) is 0 Å². The van der Waals surface area contributed by atoms with Gasteiger partial charge in [0.15, 0.2) is 12.4 Å².